The Balaban J connectivity index is 1.96. The van der Waals surface area contributed by atoms with Crippen LogP contribution < -0.4 is 4.90 Å². The van der Waals surface area contributed by atoms with Crippen molar-refractivity contribution in [2.45, 2.75) is 38.2 Å². The minimum absolute atomic E-state index is 0.563. The van der Waals surface area contributed by atoms with Gasteiger partial charge in [-0.25, -0.2) is 4.98 Å². The largest absolute Gasteiger partial charge is 0.386 e. The minimum Gasteiger partial charge on any atom is -0.386 e. The van der Waals surface area contributed by atoms with E-state index in [2.05, 4.69) is 11.1 Å². The van der Waals surface area contributed by atoms with E-state index in [9.17, 15) is 10.4 Å². The van der Waals surface area contributed by atoms with Crippen molar-refractivity contribution in [1.82, 2.24) is 4.98 Å². The van der Waals surface area contributed by atoms with Crippen LogP contribution in [0.25, 0.3) is 0 Å². The number of fused-ring (bicyclic) bond motifs is 1. The second-order valence-electron chi connectivity index (χ2n) is 5.64. The molecule has 2 heterocycles. The maximum atomic E-state index is 9.79. The van der Waals surface area contributed by atoms with Gasteiger partial charge in [-0.15, -0.1) is 0 Å². The first kappa shape index (κ1) is 11.5. The molecule has 1 N–H and O–H groups in total. The summed E-state index contributed by atoms with van der Waals surface area (Å²) >= 11 is 0. The molecular formula is C14H17N3O. The molecule has 0 amide bonds. The zero-order chi connectivity index (χ0) is 12.8. The van der Waals surface area contributed by atoms with Gasteiger partial charge in [0.2, 0.25) is 0 Å². The highest BCUT2D eigenvalue weighted by molar-refractivity contribution is 5.58. The van der Waals surface area contributed by atoms with E-state index in [1.54, 1.807) is 0 Å². The van der Waals surface area contributed by atoms with E-state index in [-0.39, 0.29) is 0 Å². The molecular weight excluding hydrogens is 226 g/mol. The van der Waals surface area contributed by atoms with Crippen molar-refractivity contribution in [1.29, 1.82) is 5.26 Å². The van der Waals surface area contributed by atoms with Gasteiger partial charge in [-0.1, -0.05) is 0 Å². The molecule has 0 spiro atoms. The number of nitriles is 1. The average molecular weight is 243 g/mol. The smallest absolute Gasteiger partial charge is 0.147 e. The number of anilines is 1. The average Bonchev–Trinajstić information content (AvgIpc) is 2.34. The number of hydrogen-bond acceptors (Lipinski definition) is 4. The van der Waals surface area contributed by atoms with Crippen molar-refractivity contribution >= 4 is 5.82 Å². The summed E-state index contributed by atoms with van der Waals surface area (Å²) in [6.07, 6.45) is 4.42. The predicted molar refractivity (Wildman–Crippen MR) is 68.4 cm³/mol. The van der Waals surface area contributed by atoms with E-state index in [0.717, 1.165) is 24.4 Å². The number of aryl methyl sites for hydroxylation is 2. The van der Waals surface area contributed by atoms with Gasteiger partial charge in [0.25, 0.3) is 0 Å². The standard InChI is InChI=1S/C14H17N3O/c1-14(18)8-17(9-14)13-11(7-15)6-10-4-2-3-5-12(10)16-13/h6,18H,2-5,8-9H2,1H3. The maximum absolute atomic E-state index is 9.79. The lowest BCUT2D eigenvalue weighted by molar-refractivity contribution is 0.0305. The molecule has 0 radical (unpaired) electrons. The molecule has 4 nitrogen and oxygen atoms in total. The van der Waals surface area contributed by atoms with Crippen molar-refractivity contribution in [3.63, 3.8) is 0 Å². The topological polar surface area (TPSA) is 60.1 Å². The number of rotatable bonds is 1. The van der Waals surface area contributed by atoms with Gasteiger partial charge in [-0.3, -0.25) is 0 Å². The molecule has 2 aliphatic rings. The van der Waals surface area contributed by atoms with Crippen molar-refractivity contribution in [2.75, 3.05) is 18.0 Å². The third kappa shape index (κ3) is 1.85. The highest BCUT2D eigenvalue weighted by Crippen LogP contribution is 2.31. The van der Waals surface area contributed by atoms with E-state index in [1.165, 1.54) is 18.4 Å². The van der Waals surface area contributed by atoms with Crippen LogP contribution in [0, 0.1) is 11.3 Å². The van der Waals surface area contributed by atoms with Crippen LogP contribution in [-0.4, -0.2) is 28.8 Å². The van der Waals surface area contributed by atoms with Gasteiger partial charge < -0.3 is 10.0 Å². The van der Waals surface area contributed by atoms with Crippen molar-refractivity contribution in [2.24, 2.45) is 0 Å². The quantitative estimate of drug-likeness (QED) is 0.810. The Morgan fingerprint density at radius 1 is 1.39 bits per heavy atom. The number of hydrogen-bond donors (Lipinski definition) is 1. The molecule has 1 aromatic heterocycles. The van der Waals surface area contributed by atoms with Crippen LogP contribution >= 0.6 is 0 Å². The Morgan fingerprint density at radius 2 is 2.11 bits per heavy atom. The highest BCUT2D eigenvalue weighted by atomic mass is 16.3. The van der Waals surface area contributed by atoms with Gasteiger partial charge >= 0.3 is 0 Å². The van der Waals surface area contributed by atoms with Gasteiger partial charge in [0, 0.05) is 18.8 Å². The number of β-amino-alcohol motifs (C(OH)–C–C–N with tert-alkyl or cyclic N) is 1. The fourth-order valence-corrected chi connectivity index (χ4v) is 2.87. The van der Waals surface area contributed by atoms with E-state index in [1.807, 2.05) is 17.9 Å². The summed E-state index contributed by atoms with van der Waals surface area (Å²) in [5.74, 6) is 0.754. The first-order valence-electron chi connectivity index (χ1n) is 6.49. The fourth-order valence-electron chi connectivity index (χ4n) is 2.87. The van der Waals surface area contributed by atoms with Crippen molar-refractivity contribution < 1.29 is 5.11 Å². The van der Waals surface area contributed by atoms with Crippen molar-refractivity contribution in [3.05, 3.63) is 22.9 Å². The van der Waals surface area contributed by atoms with Gasteiger partial charge in [0.1, 0.15) is 11.9 Å². The van der Waals surface area contributed by atoms with Gasteiger partial charge in [-0.2, -0.15) is 5.26 Å². The first-order valence-corrected chi connectivity index (χ1v) is 6.49. The zero-order valence-corrected chi connectivity index (χ0v) is 10.6. The van der Waals surface area contributed by atoms with Crippen LogP contribution in [0.3, 0.4) is 0 Å². The fraction of sp³-hybridized carbons (Fsp3) is 0.571. The Morgan fingerprint density at radius 3 is 2.78 bits per heavy atom. The molecule has 0 saturated carbocycles. The molecule has 1 aliphatic carbocycles. The molecule has 0 unspecified atom stereocenters. The van der Waals surface area contributed by atoms with Crippen molar-refractivity contribution in [3.8, 4) is 6.07 Å². The maximum Gasteiger partial charge on any atom is 0.147 e. The Hall–Kier alpha value is -1.60. The van der Waals surface area contributed by atoms with Gasteiger partial charge in [0.15, 0.2) is 0 Å². The molecule has 94 valence electrons. The number of aromatic nitrogens is 1. The molecule has 4 heteroatoms. The van der Waals surface area contributed by atoms with Crippen LogP contribution in [0.2, 0.25) is 0 Å². The summed E-state index contributed by atoms with van der Waals surface area (Å²) in [4.78, 5) is 6.66. The minimum atomic E-state index is -0.635. The molecule has 0 aromatic carbocycles. The lowest BCUT2D eigenvalue weighted by Crippen LogP contribution is -2.60. The van der Waals surface area contributed by atoms with E-state index >= 15 is 0 Å². The van der Waals surface area contributed by atoms with Crippen LogP contribution in [0.15, 0.2) is 6.07 Å². The van der Waals surface area contributed by atoms with E-state index < -0.39 is 5.60 Å². The Labute approximate surface area is 107 Å². The van der Waals surface area contributed by atoms with E-state index in [0.29, 0.717) is 18.7 Å². The molecule has 1 aliphatic heterocycles. The van der Waals surface area contributed by atoms with Crippen LogP contribution in [0.4, 0.5) is 5.82 Å². The van der Waals surface area contributed by atoms with E-state index in [4.69, 9.17) is 0 Å². The number of nitrogens with zero attached hydrogens (tertiary/aromatic N) is 3. The normalized spacial score (nSPS) is 20.8. The molecule has 18 heavy (non-hydrogen) atoms. The Bertz CT molecular complexity index is 523. The van der Waals surface area contributed by atoms with Crippen LogP contribution in [0.1, 0.15) is 36.6 Å². The first-order chi connectivity index (χ1) is 8.59. The summed E-state index contributed by atoms with van der Waals surface area (Å²) in [6, 6.07) is 4.23. The highest BCUT2D eigenvalue weighted by Gasteiger charge is 2.38. The molecule has 1 aromatic rings. The molecule has 1 saturated heterocycles. The van der Waals surface area contributed by atoms with Gasteiger partial charge in [-0.05, 0) is 44.2 Å². The third-order valence-electron chi connectivity index (χ3n) is 3.76. The summed E-state index contributed by atoms with van der Waals surface area (Å²) in [7, 11) is 0. The zero-order valence-electron chi connectivity index (χ0n) is 10.6. The second-order valence-corrected chi connectivity index (χ2v) is 5.64. The monoisotopic (exact) mass is 243 g/mol. The summed E-state index contributed by atoms with van der Waals surface area (Å²) in [6.45, 7) is 2.94. The predicted octanol–water partition coefficient (Wildman–Crippen LogP) is 1.40. The lowest BCUT2D eigenvalue weighted by Gasteiger charge is -2.45. The third-order valence-corrected chi connectivity index (χ3v) is 3.76. The number of pyridine rings is 1. The summed E-state index contributed by atoms with van der Waals surface area (Å²) < 4.78 is 0. The molecule has 3 rings (SSSR count). The Kier molecular flexibility index (Phi) is 2.53. The lowest BCUT2D eigenvalue weighted by atomic mass is 9.93. The second kappa shape index (κ2) is 3.96. The number of aliphatic hydroxyl groups is 1. The molecule has 1 fully saturated rings. The van der Waals surface area contributed by atoms with Crippen LogP contribution in [0.5, 0.6) is 0 Å². The SMILES string of the molecule is CC1(O)CN(c2nc3c(cc2C#N)CCCC3)C1. The van der Waals surface area contributed by atoms with Crippen LogP contribution in [-0.2, 0) is 12.8 Å². The summed E-state index contributed by atoms with van der Waals surface area (Å²) in [5, 5.41) is 19.0. The van der Waals surface area contributed by atoms with Gasteiger partial charge in [0.05, 0.1) is 11.2 Å². The summed E-state index contributed by atoms with van der Waals surface area (Å²) in [5.41, 5.74) is 2.38. The molecule has 0 bridgehead atoms. The molecule has 0 atom stereocenters.